The van der Waals surface area contributed by atoms with E-state index < -0.39 is 0 Å². The molecule has 0 unspecified atom stereocenters. The van der Waals surface area contributed by atoms with Crippen LogP contribution in [0.1, 0.15) is 31.6 Å². The quantitative estimate of drug-likeness (QED) is 0.868. The summed E-state index contributed by atoms with van der Waals surface area (Å²) in [5.74, 6) is 2.65. The lowest BCUT2D eigenvalue weighted by atomic mass is 10.0. The number of rotatable bonds is 3. The van der Waals surface area contributed by atoms with Crippen LogP contribution >= 0.6 is 11.3 Å². The SMILES string of the molecule is Cc1ccc(-c2nnc(N3CCC[C@H]3C(C)C)n2C)s1. The van der Waals surface area contributed by atoms with Crippen molar-refractivity contribution in [3.8, 4) is 10.7 Å². The lowest BCUT2D eigenvalue weighted by molar-refractivity contribution is 0.484. The minimum Gasteiger partial charge on any atom is -0.338 e. The number of hydrogen-bond donors (Lipinski definition) is 0. The molecule has 20 heavy (non-hydrogen) atoms. The van der Waals surface area contributed by atoms with Crippen molar-refractivity contribution in [1.29, 1.82) is 0 Å². The summed E-state index contributed by atoms with van der Waals surface area (Å²) in [6.07, 6.45) is 2.52. The fourth-order valence-electron chi connectivity index (χ4n) is 3.07. The molecule has 2 aromatic heterocycles. The van der Waals surface area contributed by atoms with Crippen LogP contribution in [0.3, 0.4) is 0 Å². The third-order valence-electron chi connectivity index (χ3n) is 4.14. The maximum atomic E-state index is 4.46. The normalized spacial score (nSPS) is 19.2. The van der Waals surface area contributed by atoms with Gasteiger partial charge in [0.15, 0.2) is 5.82 Å². The Balaban J connectivity index is 1.94. The van der Waals surface area contributed by atoms with E-state index in [1.165, 1.54) is 22.6 Å². The molecule has 0 radical (unpaired) electrons. The van der Waals surface area contributed by atoms with Crippen molar-refractivity contribution in [3.63, 3.8) is 0 Å². The number of hydrogen-bond acceptors (Lipinski definition) is 4. The largest absolute Gasteiger partial charge is 0.338 e. The average Bonchev–Trinajstić information content (AvgIpc) is 3.07. The molecule has 2 aromatic rings. The molecule has 0 amide bonds. The van der Waals surface area contributed by atoms with E-state index >= 15 is 0 Å². The van der Waals surface area contributed by atoms with Crippen LogP contribution in [0, 0.1) is 12.8 Å². The van der Waals surface area contributed by atoms with Crippen molar-refractivity contribution in [3.05, 3.63) is 17.0 Å². The Morgan fingerprint density at radius 1 is 1.30 bits per heavy atom. The molecular formula is C15H22N4S. The molecule has 0 aromatic carbocycles. The first kappa shape index (κ1) is 13.6. The molecule has 0 aliphatic carbocycles. The molecule has 0 bridgehead atoms. The highest BCUT2D eigenvalue weighted by atomic mass is 32.1. The highest BCUT2D eigenvalue weighted by Gasteiger charge is 2.30. The van der Waals surface area contributed by atoms with E-state index in [0.29, 0.717) is 12.0 Å². The van der Waals surface area contributed by atoms with E-state index in [-0.39, 0.29) is 0 Å². The third-order valence-corrected chi connectivity index (χ3v) is 5.13. The second kappa shape index (κ2) is 5.20. The fraction of sp³-hybridized carbons (Fsp3) is 0.600. The molecule has 1 aliphatic heterocycles. The first-order valence-corrected chi connectivity index (χ1v) is 8.12. The second-order valence-electron chi connectivity index (χ2n) is 5.94. The number of aryl methyl sites for hydroxylation is 1. The molecular weight excluding hydrogens is 268 g/mol. The van der Waals surface area contributed by atoms with Crippen LogP contribution in [0.2, 0.25) is 0 Å². The Bertz CT molecular complexity index is 599. The summed E-state index contributed by atoms with van der Waals surface area (Å²) in [5, 5.41) is 8.88. The molecule has 1 fully saturated rings. The highest BCUT2D eigenvalue weighted by Crippen LogP contribution is 2.32. The average molecular weight is 290 g/mol. The standard InChI is InChI=1S/C15H22N4S/c1-10(2)12-6-5-9-19(12)15-17-16-14(18(15)4)13-8-7-11(3)20-13/h7-8,10,12H,5-6,9H2,1-4H3/t12-/m0/s1. The topological polar surface area (TPSA) is 34.0 Å². The summed E-state index contributed by atoms with van der Waals surface area (Å²) in [4.78, 5) is 4.94. The lowest BCUT2D eigenvalue weighted by Gasteiger charge is -2.28. The van der Waals surface area contributed by atoms with Crippen LogP contribution in [-0.2, 0) is 7.05 Å². The summed E-state index contributed by atoms with van der Waals surface area (Å²) in [7, 11) is 2.08. The van der Waals surface area contributed by atoms with Crippen molar-refractivity contribution in [1.82, 2.24) is 14.8 Å². The molecule has 1 saturated heterocycles. The predicted octanol–water partition coefficient (Wildman–Crippen LogP) is 3.48. The Morgan fingerprint density at radius 2 is 2.10 bits per heavy atom. The van der Waals surface area contributed by atoms with Gasteiger partial charge in [-0.15, -0.1) is 21.5 Å². The number of thiophene rings is 1. The Morgan fingerprint density at radius 3 is 2.75 bits per heavy atom. The second-order valence-corrected chi connectivity index (χ2v) is 7.23. The van der Waals surface area contributed by atoms with Gasteiger partial charge in [-0.1, -0.05) is 13.8 Å². The van der Waals surface area contributed by atoms with Gasteiger partial charge in [0.1, 0.15) is 0 Å². The molecule has 3 rings (SSSR count). The molecule has 108 valence electrons. The van der Waals surface area contributed by atoms with E-state index in [9.17, 15) is 0 Å². The van der Waals surface area contributed by atoms with E-state index in [1.807, 2.05) is 0 Å². The van der Waals surface area contributed by atoms with Crippen molar-refractivity contribution < 1.29 is 0 Å². The molecule has 1 atom stereocenters. The minimum atomic E-state index is 0.593. The Kier molecular flexibility index (Phi) is 3.54. The first-order chi connectivity index (χ1) is 9.58. The predicted molar refractivity (Wildman–Crippen MR) is 84.3 cm³/mol. The Hall–Kier alpha value is -1.36. The van der Waals surface area contributed by atoms with Crippen molar-refractivity contribution in [2.75, 3.05) is 11.4 Å². The van der Waals surface area contributed by atoms with Crippen LogP contribution < -0.4 is 4.90 Å². The Labute approximate surface area is 124 Å². The zero-order valence-corrected chi connectivity index (χ0v) is 13.4. The number of anilines is 1. The first-order valence-electron chi connectivity index (χ1n) is 7.30. The van der Waals surface area contributed by atoms with E-state index in [0.717, 1.165) is 18.3 Å². The maximum absolute atomic E-state index is 4.46. The van der Waals surface area contributed by atoms with Gasteiger partial charge in [-0.2, -0.15) is 0 Å². The van der Waals surface area contributed by atoms with E-state index in [2.05, 4.69) is 59.6 Å². The van der Waals surface area contributed by atoms with Gasteiger partial charge in [-0.05, 0) is 37.8 Å². The molecule has 0 N–H and O–H groups in total. The number of aromatic nitrogens is 3. The molecule has 4 nitrogen and oxygen atoms in total. The van der Waals surface area contributed by atoms with Crippen LogP contribution in [-0.4, -0.2) is 27.4 Å². The monoisotopic (exact) mass is 290 g/mol. The van der Waals surface area contributed by atoms with Gasteiger partial charge in [0.2, 0.25) is 5.95 Å². The summed E-state index contributed by atoms with van der Waals surface area (Å²) >= 11 is 1.78. The number of nitrogens with zero attached hydrogens (tertiary/aromatic N) is 4. The zero-order chi connectivity index (χ0) is 14.3. The lowest BCUT2D eigenvalue weighted by Crippen LogP contribution is -2.35. The molecule has 1 aliphatic rings. The van der Waals surface area contributed by atoms with Gasteiger partial charge in [0.25, 0.3) is 0 Å². The van der Waals surface area contributed by atoms with Crippen LogP contribution in [0.4, 0.5) is 5.95 Å². The van der Waals surface area contributed by atoms with Crippen molar-refractivity contribution in [2.24, 2.45) is 13.0 Å². The van der Waals surface area contributed by atoms with Gasteiger partial charge >= 0.3 is 0 Å². The van der Waals surface area contributed by atoms with Crippen molar-refractivity contribution in [2.45, 2.75) is 39.7 Å². The van der Waals surface area contributed by atoms with Crippen molar-refractivity contribution >= 4 is 17.3 Å². The fourth-order valence-corrected chi connectivity index (χ4v) is 3.96. The summed E-state index contributed by atoms with van der Waals surface area (Å²) < 4.78 is 2.14. The zero-order valence-electron chi connectivity index (χ0n) is 12.6. The van der Waals surface area contributed by atoms with Gasteiger partial charge in [-0.25, -0.2) is 0 Å². The summed E-state index contributed by atoms with van der Waals surface area (Å²) in [6.45, 7) is 7.81. The van der Waals surface area contributed by atoms with Gasteiger partial charge < -0.3 is 4.90 Å². The van der Waals surface area contributed by atoms with Crippen LogP contribution in [0.15, 0.2) is 12.1 Å². The molecule has 0 spiro atoms. The molecule has 5 heteroatoms. The van der Waals surface area contributed by atoms with Gasteiger partial charge in [-0.3, -0.25) is 4.57 Å². The highest BCUT2D eigenvalue weighted by molar-refractivity contribution is 7.15. The summed E-state index contributed by atoms with van der Waals surface area (Å²) in [6, 6.07) is 4.87. The van der Waals surface area contributed by atoms with E-state index in [4.69, 9.17) is 0 Å². The summed E-state index contributed by atoms with van der Waals surface area (Å²) in [5.41, 5.74) is 0. The van der Waals surface area contributed by atoms with Gasteiger partial charge in [0, 0.05) is 24.5 Å². The molecule has 3 heterocycles. The van der Waals surface area contributed by atoms with Gasteiger partial charge in [0.05, 0.1) is 4.88 Å². The maximum Gasteiger partial charge on any atom is 0.227 e. The third kappa shape index (κ3) is 2.24. The van der Waals surface area contributed by atoms with Crippen LogP contribution in [0.5, 0.6) is 0 Å². The minimum absolute atomic E-state index is 0.593. The van der Waals surface area contributed by atoms with E-state index in [1.54, 1.807) is 11.3 Å². The molecule has 0 saturated carbocycles. The smallest absolute Gasteiger partial charge is 0.227 e. The van der Waals surface area contributed by atoms with Crippen LogP contribution in [0.25, 0.3) is 10.7 Å².